The molecule has 1 heterocycles. The molecule has 0 aromatic heterocycles. The summed E-state index contributed by atoms with van der Waals surface area (Å²) in [6, 6.07) is 0. The Morgan fingerprint density at radius 3 is 1.19 bits per heavy atom. The molecular weight excluding hydrogens is 795 g/mol. The molecule has 0 radical (unpaired) electrons. The van der Waals surface area contributed by atoms with E-state index in [2.05, 4.69) is 78.9 Å². The number of unbranched alkanes of at least 4 members (excludes halogenated alkanes) is 19. The van der Waals surface area contributed by atoms with Crippen molar-refractivity contribution >= 4 is 11.8 Å². The second-order valence-electron chi connectivity index (χ2n) is 18.8. The summed E-state index contributed by atoms with van der Waals surface area (Å²) < 4.78 is 4.98. The molecule has 1 fully saturated rings. The van der Waals surface area contributed by atoms with Crippen LogP contribution in [0.1, 0.15) is 207 Å². The van der Waals surface area contributed by atoms with Crippen LogP contribution in [0.25, 0.3) is 0 Å². The third-order valence-corrected chi connectivity index (χ3v) is 13.0. The number of aliphatic hydroxyl groups is 1. The van der Waals surface area contributed by atoms with E-state index in [0.717, 1.165) is 110 Å². The second-order valence-corrected chi connectivity index (χ2v) is 18.8. The van der Waals surface area contributed by atoms with Gasteiger partial charge in [0.25, 0.3) is 0 Å². The largest absolute Gasteiger partial charge is 0.368 e. The van der Waals surface area contributed by atoms with Crippen LogP contribution in [0.3, 0.4) is 0 Å². The second kappa shape index (κ2) is 44.8. The minimum Gasteiger partial charge on any atom is -0.368 e. The monoisotopic (exact) mass is 900 g/mol. The molecule has 1 aliphatic rings. The summed E-state index contributed by atoms with van der Waals surface area (Å²) in [5.41, 5.74) is 0. The summed E-state index contributed by atoms with van der Waals surface area (Å²) in [6.07, 6.45) is 46.7. The van der Waals surface area contributed by atoms with Crippen LogP contribution in [0.5, 0.6) is 0 Å². The van der Waals surface area contributed by atoms with Crippen LogP contribution in [0.15, 0.2) is 36.5 Å². The Labute approximate surface area is 396 Å². The maximum atomic E-state index is 13.9. The standard InChI is InChI=1S/C55H105N5O4/c1-6-10-14-18-22-28-34-40-56(41-35-29-23-19-15-11-7-2)45-46-58(44-38-31-25-21-17-13-9-4)52-54(62)60-49-47-59(48-50-60)53(61)51-57(42-36-30-24-20-16-12-8-3)43-37-32-26-27-33-39-55(63)64-5/h22-23,25,28-29,31,55,63H,6-21,24,26-27,30,32-52H2,1-5H3/b28-22-,29-23-,31-25-. The maximum Gasteiger partial charge on any atom is 0.236 e. The first kappa shape index (κ1) is 60.0. The number of ether oxygens (including phenoxy) is 1. The first-order valence-electron chi connectivity index (χ1n) is 27.3. The van der Waals surface area contributed by atoms with Crippen LogP contribution in [-0.4, -0.2) is 140 Å². The van der Waals surface area contributed by atoms with Crippen LogP contribution < -0.4 is 0 Å². The molecular formula is C55H105N5O4. The lowest BCUT2D eigenvalue weighted by atomic mass is 10.1. The zero-order valence-corrected chi connectivity index (χ0v) is 42.9. The van der Waals surface area contributed by atoms with Crippen LogP contribution in [0, 0.1) is 0 Å². The Morgan fingerprint density at radius 2 is 0.766 bits per heavy atom. The predicted octanol–water partition coefficient (Wildman–Crippen LogP) is 12.2. The number of allylic oxidation sites excluding steroid dienone is 3. The minimum absolute atomic E-state index is 0.202. The third-order valence-electron chi connectivity index (χ3n) is 13.0. The lowest BCUT2D eigenvalue weighted by Gasteiger charge is -2.37. The lowest BCUT2D eigenvalue weighted by molar-refractivity contribution is -0.140. The summed E-state index contributed by atoms with van der Waals surface area (Å²) in [5, 5.41) is 9.67. The molecule has 1 atom stereocenters. The van der Waals surface area contributed by atoms with Gasteiger partial charge in [-0.15, -0.1) is 0 Å². The molecule has 1 saturated heterocycles. The van der Waals surface area contributed by atoms with Gasteiger partial charge < -0.3 is 24.5 Å². The number of hydrogen-bond donors (Lipinski definition) is 1. The molecule has 0 aromatic rings. The number of carbonyl (C=O) groups excluding carboxylic acids is 2. The van der Waals surface area contributed by atoms with Gasteiger partial charge in [0.15, 0.2) is 6.29 Å². The van der Waals surface area contributed by atoms with Gasteiger partial charge in [0, 0.05) is 66.0 Å². The highest BCUT2D eigenvalue weighted by molar-refractivity contribution is 5.80. The van der Waals surface area contributed by atoms with Crippen LogP contribution in [0.4, 0.5) is 0 Å². The fourth-order valence-electron chi connectivity index (χ4n) is 8.56. The molecule has 1 unspecified atom stereocenters. The van der Waals surface area contributed by atoms with Gasteiger partial charge in [-0.05, 0) is 96.6 Å². The van der Waals surface area contributed by atoms with Crippen molar-refractivity contribution in [1.29, 1.82) is 0 Å². The number of amides is 2. The quantitative estimate of drug-likeness (QED) is 0.0370. The smallest absolute Gasteiger partial charge is 0.236 e. The normalized spacial score (nSPS) is 14.3. The molecule has 0 saturated carbocycles. The molecule has 0 aromatic carbocycles. The third kappa shape index (κ3) is 35.2. The molecule has 9 nitrogen and oxygen atoms in total. The van der Waals surface area contributed by atoms with Crippen LogP contribution in [0.2, 0.25) is 0 Å². The average Bonchev–Trinajstić information content (AvgIpc) is 3.30. The Bertz CT molecular complexity index is 1120. The van der Waals surface area contributed by atoms with E-state index in [-0.39, 0.29) is 11.8 Å². The van der Waals surface area contributed by atoms with E-state index in [4.69, 9.17) is 4.74 Å². The van der Waals surface area contributed by atoms with E-state index < -0.39 is 6.29 Å². The zero-order chi connectivity index (χ0) is 46.6. The number of piperazine rings is 1. The molecule has 1 rings (SSSR count). The maximum absolute atomic E-state index is 13.9. The molecule has 0 bridgehead atoms. The van der Waals surface area contributed by atoms with E-state index in [9.17, 15) is 14.7 Å². The van der Waals surface area contributed by atoms with Gasteiger partial charge >= 0.3 is 0 Å². The van der Waals surface area contributed by atoms with Crippen molar-refractivity contribution in [3.8, 4) is 0 Å². The predicted molar refractivity (Wildman–Crippen MR) is 275 cm³/mol. The van der Waals surface area contributed by atoms with Crippen LogP contribution >= 0.6 is 0 Å². The van der Waals surface area contributed by atoms with Gasteiger partial charge in [0.2, 0.25) is 11.8 Å². The van der Waals surface area contributed by atoms with Gasteiger partial charge in [-0.1, -0.05) is 160 Å². The van der Waals surface area contributed by atoms with Crippen molar-refractivity contribution in [3.05, 3.63) is 36.5 Å². The molecule has 2 amide bonds. The SMILES string of the molecule is CCCCC/C=C\CCN(CC/C=C\CCCCC)CCN(CC/C=C\CCCCC)CC(=O)N1CCN(C(=O)CN(CCCCCCCCC)CCCCCCCC(O)OC)CC1. The van der Waals surface area contributed by atoms with Crippen molar-refractivity contribution in [2.45, 2.75) is 214 Å². The molecule has 1 aliphatic heterocycles. The number of methoxy groups -OCH3 is 1. The number of hydrogen-bond acceptors (Lipinski definition) is 7. The Balaban J connectivity index is 2.83. The summed E-state index contributed by atoms with van der Waals surface area (Å²) >= 11 is 0. The van der Waals surface area contributed by atoms with Crippen molar-refractivity contribution in [2.24, 2.45) is 0 Å². The molecule has 64 heavy (non-hydrogen) atoms. The number of carbonyl (C=O) groups is 2. The highest BCUT2D eigenvalue weighted by Crippen LogP contribution is 2.13. The van der Waals surface area contributed by atoms with Crippen molar-refractivity contribution < 1.29 is 19.4 Å². The minimum atomic E-state index is -0.651. The van der Waals surface area contributed by atoms with E-state index in [1.165, 1.54) is 109 Å². The van der Waals surface area contributed by atoms with Crippen molar-refractivity contribution in [3.63, 3.8) is 0 Å². The number of rotatable bonds is 45. The first-order valence-corrected chi connectivity index (χ1v) is 27.3. The summed E-state index contributed by atoms with van der Waals surface area (Å²) in [6.45, 7) is 19.2. The topological polar surface area (TPSA) is 79.8 Å². The van der Waals surface area contributed by atoms with Gasteiger partial charge in [-0.2, -0.15) is 0 Å². The first-order chi connectivity index (χ1) is 31.4. The fourth-order valence-corrected chi connectivity index (χ4v) is 8.56. The van der Waals surface area contributed by atoms with E-state index >= 15 is 0 Å². The Morgan fingerprint density at radius 1 is 0.438 bits per heavy atom. The molecule has 374 valence electrons. The molecule has 0 aliphatic carbocycles. The summed E-state index contributed by atoms with van der Waals surface area (Å²) in [7, 11) is 1.55. The molecule has 0 spiro atoms. The lowest BCUT2D eigenvalue weighted by Crippen LogP contribution is -2.54. The highest BCUT2D eigenvalue weighted by atomic mass is 16.6. The Hall–Kier alpha value is -2.04. The van der Waals surface area contributed by atoms with Crippen molar-refractivity contribution in [2.75, 3.05) is 92.2 Å². The van der Waals surface area contributed by atoms with Crippen LogP contribution in [-0.2, 0) is 14.3 Å². The number of nitrogens with zero attached hydrogens (tertiary/aromatic N) is 5. The Kier molecular flexibility index (Phi) is 42.0. The van der Waals surface area contributed by atoms with Gasteiger partial charge in [-0.25, -0.2) is 0 Å². The molecule has 9 heteroatoms. The zero-order valence-electron chi connectivity index (χ0n) is 42.9. The molecule has 1 N–H and O–H groups in total. The number of aliphatic hydroxyl groups excluding tert-OH is 1. The van der Waals surface area contributed by atoms with Gasteiger partial charge in [0.05, 0.1) is 13.1 Å². The highest BCUT2D eigenvalue weighted by Gasteiger charge is 2.26. The summed E-state index contributed by atoms with van der Waals surface area (Å²) in [5.74, 6) is 0.413. The van der Waals surface area contributed by atoms with Gasteiger partial charge in [0.1, 0.15) is 0 Å². The van der Waals surface area contributed by atoms with Crippen molar-refractivity contribution in [1.82, 2.24) is 24.5 Å². The fraction of sp³-hybridized carbons (Fsp3) is 0.855. The van der Waals surface area contributed by atoms with E-state index in [0.29, 0.717) is 45.7 Å². The average molecular weight is 900 g/mol. The van der Waals surface area contributed by atoms with E-state index in [1.807, 2.05) is 9.80 Å². The van der Waals surface area contributed by atoms with Gasteiger partial charge in [-0.3, -0.25) is 19.4 Å². The van der Waals surface area contributed by atoms with E-state index in [1.54, 1.807) is 7.11 Å². The summed E-state index contributed by atoms with van der Waals surface area (Å²) in [4.78, 5) is 39.1.